The largest absolute Gasteiger partial charge is 0.465 e. The van der Waals surface area contributed by atoms with Gasteiger partial charge in [-0.15, -0.1) is 0 Å². The van der Waals surface area contributed by atoms with Gasteiger partial charge in [0.15, 0.2) is 0 Å². The number of nitrogens with zero attached hydrogens (tertiary/aromatic N) is 3. The van der Waals surface area contributed by atoms with Crippen molar-refractivity contribution in [1.82, 2.24) is 14.5 Å². The summed E-state index contributed by atoms with van der Waals surface area (Å²) in [6.07, 6.45) is 3.54. The summed E-state index contributed by atoms with van der Waals surface area (Å²) in [6.45, 7) is 0.581. The molecule has 0 aliphatic heterocycles. The van der Waals surface area contributed by atoms with E-state index in [-0.39, 0.29) is 5.97 Å². The molecule has 0 saturated carbocycles. The lowest BCUT2D eigenvalue weighted by Gasteiger charge is -2.14. The van der Waals surface area contributed by atoms with Crippen LogP contribution in [0.2, 0.25) is 0 Å². The fraction of sp³-hybridized carbons (Fsp3) is 0.0952. The van der Waals surface area contributed by atoms with Crippen LogP contribution in [0.1, 0.15) is 15.9 Å². The van der Waals surface area contributed by atoms with Gasteiger partial charge in [0, 0.05) is 18.3 Å². The average Bonchev–Trinajstić information content (AvgIpc) is 3.11. The van der Waals surface area contributed by atoms with Crippen LogP contribution >= 0.6 is 0 Å². The van der Waals surface area contributed by atoms with Gasteiger partial charge < -0.3 is 9.30 Å². The number of esters is 1. The molecule has 2 heterocycles. The molecule has 0 radical (unpaired) electrons. The Morgan fingerprint density at radius 1 is 1.00 bits per heavy atom. The van der Waals surface area contributed by atoms with E-state index >= 15 is 0 Å². The number of aromatic nitrogens is 3. The lowest BCUT2D eigenvalue weighted by atomic mass is 9.97. The quantitative estimate of drug-likeness (QED) is 0.527. The SMILES string of the molecule is COC(=O)c1cccc(Cn2cnc3ccccc32)c1-c1ccccn1. The maximum Gasteiger partial charge on any atom is 0.338 e. The van der Waals surface area contributed by atoms with E-state index in [1.54, 1.807) is 12.3 Å². The number of hydrogen-bond acceptors (Lipinski definition) is 4. The van der Waals surface area contributed by atoms with Crippen molar-refractivity contribution in [3.05, 3.63) is 84.3 Å². The minimum atomic E-state index is -0.372. The molecule has 5 nitrogen and oxygen atoms in total. The summed E-state index contributed by atoms with van der Waals surface area (Å²) in [6, 6.07) is 19.3. The number of hydrogen-bond donors (Lipinski definition) is 0. The van der Waals surface area contributed by atoms with Crippen molar-refractivity contribution < 1.29 is 9.53 Å². The minimum Gasteiger partial charge on any atom is -0.465 e. The highest BCUT2D eigenvalue weighted by molar-refractivity contribution is 5.97. The number of ether oxygens (including phenoxy) is 1. The molecule has 4 rings (SSSR count). The predicted octanol–water partition coefficient (Wildman–Crippen LogP) is 3.93. The third-order valence-corrected chi connectivity index (χ3v) is 4.35. The molecule has 0 bridgehead atoms. The molecular formula is C21H17N3O2. The molecule has 2 aromatic carbocycles. The summed E-state index contributed by atoms with van der Waals surface area (Å²) < 4.78 is 7.04. The van der Waals surface area contributed by atoms with Crippen LogP contribution in [0, 0.1) is 0 Å². The van der Waals surface area contributed by atoms with Crippen molar-refractivity contribution >= 4 is 17.0 Å². The molecule has 0 fully saturated rings. The number of pyridine rings is 1. The van der Waals surface area contributed by atoms with E-state index in [2.05, 4.69) is 14.5 Å². The number of benzene rings is 2. The highest BCUT2D eigenvalue weighted by Crippen LogP contribution is 2.28. The topological polar surface area (TPSA) is 57.0 Å². The van der Waals surface area contributed by atoms with Crippen molar-refractivity contribution in [2.24, 2.45) is 0 Å². The fourth-order valence-corrected chi connectivity index (χ4v) is 3.14. The average molecular weight is 343 g/mol. The number of para-hydroxylation sites is 2. The van der Waals surface area contributed by atoms with E-state index in [1.165, 1.54) is 7.11 Å². The Labute approximate surface area is 150 Å². The van der Waals surface area contributed by atoms with Crippen molar-refractivity contribution in [2.75, 3.05) is 7.11 Å². The Morgan fingerprint density at radius 3 is 2.65 bits per heavy atom. The van der Waals surface area contributed by atoms with Gasteiger partial charge in [-0.2, -0.15) is 0 Å². The smallest absolute Gasteiger partial charge is 0.338 e. The van der Waals surface area contributed by atoms with Gasteiger partial charge in [-0.05, 0) is 35.9 Å². The van der Waals surface area contributed by atoms with E-state index in [0.717, 1.165) is 27.9 Å². The predicted molar refractivity (Wildman–Crippen MR) is 99.8 cm³/mol. The number of fused-ring (bicyclic) bond motifs is 1. The van der Waals surface area contributed by atoms with Crippen LogP contribution in [0.3, 0.4) is 0 Å². The first-order valence-corrected chi connectivity index (χ1v) is 8.29. The number of carbonyl (C=O) groups excluding carboxylic acids is 1. The van der Waals surface area contributed by atoms with E-state index in [1.807, 2.05) is 60.9 Å². The number of rotatable bonds is 4. The van der Waals surface area contributed by atoms with Crippen LogP contribution in [-0.2, 0) is 11.3 Å². The van der Waals surface area contributed by atoms with E-state index in [4.69, 9.17) is 4.74 Å². The molecule has 2 aromatic heterocycles. The second-order valence-corrected chi connectivity index (χ2v) is 5.91. The fourth-order valence-electron chi connectivity index (χ4n) is 3.14. The highest BCUT2D eigenvalue weighted by Gasteiger charge is 2.18. The molecule has 4 aromatic rings. The molecule has 0 aliphatic rings. The van der Waals surface area contributed by atoms with Crippen molar-refractivity contribution in [3.63, 3.8) is 0 Å². The second-order valence-electron chi connectivity index (χ2n) is 5.91. The molecule has 0 aliphatic carbocycles. The van der Waals surface area contributed by atoms with Gasteiger partial charge in [-0.1, -0.05) is 30.3 Å². The zero-order valence-corrected chi connectivity index (χ0v) is 14.3. The maximum atomic E-state index is 12.3. The number of carbonyl (C=O) groups is 1. The molecule has 0 unspecified atom stereocenters. The van der Waals surface area contributed by atoms with E-state index in [0.29, 0.717) is 12.1 Å². The first kappa shape index (κ1) is 16.0. The van der Waals surface area contributed by atoms with Gasteiger partial charge in [-0.25, -0.2) is 9.78 Å². The zero-order valence-electron chi connectivity index (χ0n) is 14.3. The van der Waals surface area contributed by atoms with Crippen LogP contribution in [-0.4, -0.2) is 27.6 Å². The van der Waals surface area contributed by atoms with Gasteiger partial charge in [0.25, 0.3) is 0 Å². The van der Waals surface area contributed by atoms with E-state index in [9.17, 15) is 4.79 Å². The normalized spacial score (nSPS) is 10.8. The van der Waals surface area contributed by atoms with Crippen molar-refractivity contribution in [3.8, 4) is 11.3 Å². The maximum absolute atomic E-state index is 12.3. The summed E-state index contributed by atoms with van der Waals surface area (Å²) in [5, 5.41) is 0. The van der Waals surface area contributed by atoms with Crippen molar-refractivity contribution in [2.45, 2.75) is 6.54 Å². The van der Waals surface area contributed by atoms with Crippen molar-refractivity contribution in [1.29, 1.82) is 0 Å². The molecule has 0 spiro atoms. The molecule has 5 heteroatoms. The number of imidazole rings is 1. The molecule has 0 N–H and O–H groups in total. The Balaban J connectivity index is 1.87. The Kier molecular flexibility index (Phi) is 4.19. The van der Waals surface area contributed by atoms with Crippen LogP contribution in [0.15, 0.2) is 73.2 Å². The third-order valence-electron chi connectivity index (χ3n) is 4.35. The summed E-state index contributed by atoms with van der Waals surface area (Å²) >= 11 is 0. The number of methoxy groups -OCH3 is 1. The Hall–Kier alpha value is -3.47. The zero-order chi connectivity index (χ0) is 17.9. The highest BCUT2D eigenvalue weighted by atomic mass is 16.5. The van der Waals surface area contributed by atoms with Gasteiger partial charge in [0.05, 0.1) is 35.7 Å². The molecule has 0 amide bonds. The summed E-state index contributed by atoms with van der Waals surface area (Å²) in [5.74, 6) is -0.372. The molecule has 128 valence electrons. The summed E-state index contributed by atoms with van der Waals surface area (Å²) in [4.78, 5) is 21.2. The second kappa shape index (κ2) is 6.80. The third kappa shape index (κ3) is 2.84. The van der Waals surface area contributed by atoms with Crippen LogP contribution < -0.4 is 0 Å². The van der Waals surface area contributed by atoms with Gasteiger partial charge in [0.1, 0.15) is 0 Å². The Bertz CT molecular complexity index is 1070. The Morgan fingerprint density at radius 2 is 1.85 bits per heavy atom. The van der Waals surface area contributed by atoms with Crippen LogP contribution in [0.5, 0.6) is 0 Å². The monoisotopic (exact) mass is 343 g/mol. The first-order chi connectivity index (χ1) is 12.8. The molecular weight excluding hydrogens is 326 g/mol. The first-order valence-electron chi connectivity index (χ1n) is 8.29. The summed E-state index contributed by atoms with van der Waals surface area (Å²) in [7, 11) is 1.39. The summed E-state index contributed by atoms with van der Waals surface area (Å²) in [5.41, 5.74) is 5.01. The van der Waals surface area contributed by atoms with E-state index < -0.39 is 0 Å². The minimum absolute atomic E-state index is 0.372. The van der Waals surface area contributed by atoms with Gasteiger partial charge in [-0.3, -0.25) is 4.98 Å². The molecule has 0 saturated heterocycles. The molecule has 0 atom stereocenters. The van der Waals surface area contributed by atoms with Gasteiger partial charge in [0.2, 0.25) is 0 Å². The lowest BCUT2D eigenvalue weighted by molar-refractivity contribution is 0.0601. The van der Waals surface area contributed by atoms with Crippen LogP contribution in [0.4, 0.5) is 0 Å². The van der Waals surface area contributed by atoms with Crippen LogP contribution in [0.25, 0.3) is 22.3 Å². The van der Waals surface area contributed by atoms with Gasteiger partial charge >= 0.3 is 5.97 Å². The molecule has 26 heavy (non-hydrogen) atoms. The lowest BCUT2D eigenvalue weighted by Crippen LogP contribution is -2.08. The standard InChI is InChI=1S/C21H17N3O2/c1-26-21(25)16-8-6-7-15(20(16)18-10-4-5-12-22-18)13-24-14-23-17-9-2-3-11-19(17)24/h2-12,14H,13H2,1H3.